The molecule has 0 heterocycles. The summed E-state index contributed by atoms with van der Waals surface area (Å²) in [6.07, 6.45) is 0. The predicted molar refractivity (Wildman–Crippen MR) is 57.2 cm³/mol. The third kappa shape index (κ3) is 2.79. The van der Waals surface area contributed by atoms with Crippen LogP contribution in [0.15, 0.2) is 22.7 Å². The fourth-order valence-corrected chi connectivity index (χ4v) is 2.11. The van der Waals surface area contributed by atoms with E-state index in [4.69, 9.17) is 5.90 Å². The van der Waals surface area contributed by atoms with Gasteiger partial charge in [0.25, 0.3) is 0 Å². The van der Waals surface area contributed by atoms with Gasteiger partial charge in [0.2, 0.25) is 0 Å². The second-order valence-corrected chi connectivity index (χ2v) is 4.18. The second-order valence-electron chi connectivity index (χ2n) is 3.32. The molecule has 0 spiro atoms. The molecule has 1 aromatic carbocycles. The van der Waals surface area contributed by atoms with E-state index in [1.165, 1.54) is 5.56 Å². The summed E-state index contributed by atoms with van der Waals surface area (Å²) in [4.78, 5) is 4.56. The highest BCUT2D eigenvalue weighted by molar-refractivity contribution is 9.10. The van der Waals surface area contributed by atoms with Crippen molar-refractivity contribution in [3.63, 3.8) is 0 Å². The largest absolute Gasteiger partial charge is 0.300 e. The molecule has 3 heteroatoms. The van der Waals surface area contributed by atoms with Gasteiger partial charge in [-0.25, -0.2) is 5.90 Å². The van der Waals surface area contributed by atoms with Gasteiger partial charge in [-0.05, 0) is 23.1 Å². The molecule has 0 fully saturated rings. The maximum absolute atomic E-state index is 4.99. The lowest BCUT2D eigenvalue weighted by Gasteiger charge is -2.09. The molecule has 2 nitrogen and oxygen atoms in total. The van der Waals surface area contributed by atoms with E-state index in [2.05, 4.69) is 40.7 Å². The molecule has 0 aromatic heterocycles. The fraction of sp³-hybridized carbons (Fsp3) is 0.400. The van der Waals surface area contributed by atoms with E-state index in [1.54, 1.807) is 0 Å². The normalized spacial score (nSPS) is 10.8. The van der Waals surface area contributed by atoms with Crippen LogP contribution in [-0.2, 0) is 11.4 Å². The quantitative estimate of drug-likeness (QED) is 0.829. The SMILES string of the molecule is CC(C)c1ccc(CON)cc1Br. The van der Waals surface area contributed by atoms with Crippen LogP contribution >= 0.6 is 15.9 Å². The molecule has 1 aromatic rings. The number of nitrogens with two attached hydrogens (primary N) is 1. The van der Waals surface area contributed by atoms with E-state index in [1.807, 2.05) is 12.1 Å². The minimum Gasteiger partial charge on any atom is -0.300 e. The number of rotatable bonds is 3. The third-order valence-electron chi connectivity index (χ3n) is 1.94. The molecular formula is C10H14BrNO. The molecule has 0 aliphatic heterocycles. The standard InChI is InChI=1S/C10H14BrNO/c1-7(2)9-4-3-8(6-13-12)5-10(9)11/h3-5,7H,6,12H2,1-2H3. The van der Waals surface area contributed by atoms with Gasteiger partial charge >= 0.3 is 0 Å². The average Bonchev–Trinajstić information content (AvgIpc) is 2.04. The van der Waals surface area contributed by atoms with Crippen LogP contribution in [0.5, 0.6) is 0 Å². The molecule has 0 aliphatic carbocycles. The molecule has 0 bridgehead atoms. The molecule has 1 rings (SSSR count). The first-order valence-electron chi connectivity index (χ1n) is 4.25. The molecule has 0 atom stereocenters. The summed E-state index contributed by atoms with van der Waals surface area (Å²) in [5.41, 5.74) is 2.39. The molecule has 72 valence electrons. The van der Waals surface area contributed by atoms with Gasteiger partial charge in [0.15, 0.2) is 0 Å². The first-order chi connectivity index (χ1) is 6.15. The number of benzene rings is 1. The Morgan fingerprint density at radius 2 is 2.15 bits per heavy atom. The first-order valence-corrected chi connectivity index (χ1v) is 5.04. The van der Waals surface area contributed by atoms with Gasteiger partial charge in [-0.15, -0.1) is 0 Å². The zero-order valence-corrected chi connectivity index (χ0v) is 9.47. The summed E-state index contributed by atoms with van der Waals surface area (Å²) in [5.74, 6) is 5.52. The Morgan fingerprint density at radius 3 is 2.62 bits per heavy atom. The van der Waals surface area contributed by atoms with E-state index >= 15 is 0 Å². The van der Waals surface area contributed by atoms with Crippen LogP contribution in [-0.4, -0.2) is 0 Å². The van der Waals surface area contributed by atoms with Gasteiger partial charge in [-0.2, -0.15) is 0 Å². The van der Waals surface area contributed by atoms with Crippen molar-refractivity contribution in [2.75, 3.05) is 0 Å². The number of hydrogen-bond acceptors (Lipinski definition) is 2. The minimum atomic E-state index is 0.455. The number of hydrogen-bond donors (Lipinski definition) is 1. The third-order valence-corrected chi connectivity index (χ3v) is 2.62. The van der Waals surface area contributed by atoms with Crippen LogP contribution < -0.4 is 5.90 Å². The van der Waals surface area contributed by atoms with Gasteiger partial charge in [0.05, 0.1) is 6.61 Å². The van der Waals surface area contributed by atoms with Gasteiger partial charge in [0, 0.05) is 4.47 Å². The van der Waals surface area contributed by atoms with Crippen molar-refractivity contribution in [2.24, 2.45) is 5.90 Å². The molecule has 0 amide bonds. The van der Waals surface area contributed by atoms with Crippen molar-refractivity contribution >= 4 is 15.9 Å². The first kappa shape index (κ1) is 10.7. The highest BCUT2D eigenvalue weighted by Gasteiger charge is 2.04. The van der Waals surface area contributed by atoms with Crippen molar-refractivity contribution < 1.29 is 4.84 Å². The Balaban J connectivity index is 2.92. The lowest BCUT2D eigenvalue weighted by molar-refractivity contribution is 0.124. The molecular weight excluding hydrogens is 230 g/mol. The predicted octanol–water partition coefficient (Wildman–Crippen LogP) is 2.96. The molecule has 0 unspecified atom stereocenters. The van der Waals surface area contributed by atoms with Crippen LogP contribution in [0, 0.1) is 0 Å². The molecule has 0 saturated carbocycles. The highest BCUT2D eigenvalue weighted by Crippen LogP contribution is 2.25. The van der Waals surface area contributed by atoms with Crippen molar-refractivity contribution in [2.45, 2.75) is 26.4 Å². The Kier molecular flexibility index (Phi) is 3.90. The van der Waals surface area contributed by atoms with E-state index in [0.29, 0.717) is 12.5 Å². The average molecular weight is 244 g/mol. The molecule has 2 N–H and O–H groups in total. The van der Waals surface area contributed by atoms with E-state index in [-0.39, 0.29) is 0 Å². The fourth-order valence-electron chi connectivity index (χ4n) is 1.22. The zero-order chi connectivity index (χ0) is 9.84. The Bertz CT molecular complexity index is 286. The van der Waals surface area contributed by atoms with Crippen molar-refractivity contribution in [1.82, 2.24) is 0 Å². The van der Waals surface area contributed by atoms with Gasteiger partial charge < -0.3 is 0 Å². The monoisotopic (exact) mass is 243 g/mol. The topological polar surface area (TPSA) is 35.2 Å². The van der Waals surface area contributed by atoms with Crippen LogP contribution in [0.4, 0.5) is 0 Å². The second kappa shape index (κ2) is 4.74. The van der Waals surface area contributed by atoms with Crippen LogP contribution in [0.3, 0.4) is 0 Å². The van der Waals surface area contributed by atoms with Crippen molar-refractivity contribution in [1.29, 1.82) is 0 Å². The van der Waals surface area contributed by atoms with Gasteiger partial charge in [0.1, 0.15) is 0 Å². The van der Waals surface area contributed by atoms with Crippen molar-refractivity contribution in [3.8, 4) is 0 Å². The van der Waals surface area contributed by atoms with E-state index in [0.717, 1.165) is 10.0 Å². The summed E-state index contributed by atoms with van der Waals surface area (Å²) in [7, 11) is 0. The van der Waals surface area contributed by atoms with E-state index in [9.17, 15) is 0 Å². The van der Waals surface area contributed by atoms with Crippen LogP contribution in [0.1, 0.15) is 30.9 Å². The summed E-state index contributed by atoms with van der Waals surface area (Å²) >= 11 is 3.52. The summed E-state index contributed by atoms with van der Waals surface area (Å²) < 4.78 is 1.12. The van der Waals surface area contributed by atoms with Gasteiger partial charge in [-0.1, -0.05) is 41.9 Å². The molecule has 0 aliphatic rings. The lowest BCUT2D eigenvalue weighted by Crippen LogP contribution is -1.99. The Labute approximate surface area is 87.2 Å². The molecule has 13 heavy (non-hydrogen) atoms. The van der Waals surface area contributed by atoms with Crippen molar-refractivity contribution in [3.05, 3.63) is 33.8 Å². The maximum Gasteiger partial charge on any atom is 0.0930 e. The maximum atomic E-state index is 4.99. The Morgan fingerprint density at radius 1 is 1.46 bits per heavy atom. The lowest BCUT2D eigenvalue weighted by atomic mass is 10.0. The van der Waals surface area contributed by atoms with E-state index < -0.39 is 0 Å². The smallest absolute Gasteiger partial charge is 0.0930 e. The minimum absolute atomic E-state index is 0.455. The number of halogens is 1. The molecule has 0 radical (unpaired) electrons. The summed E-state index contributed by atoms with van der Waals surface area (Å²) in [5, 5.41) is 0. The zero-order valence-electron chi connectivity index (χ0n) is 7.88. The summed E-state index contributed by atoms with van der Waals surface area (Å²) in [6, 6.07) is 6.18. The van der Waals surface area contributed by atoms with Crippen LogP contribution in [0.2, 0.25) is 0 Å². The van der Waals surface area contributed by atoms with Gasteiger partial charge in [-0.3, -0.25) is 4.84 Å². The highest BCUT2D eigenvalue weighted by atomic mass is 79.9. The molecule has 0 saturated heterocycles. The Hall–Kier alpha value is -0.380. The summed E-state index contributed by atoms with van der Waals surface area (Å²) in [6.45, 7) is 4.79. The van der Waals surface area contributed by atoms with Crippen LogP contribution in [0.25, 0.3) is 0 Å².